The third-order valence-corrected chi connectivity index (χ3v) is 1.72. The molecule has 0 atom stereocenters. The number of nitrogens with zero attached hydrogens (tertiary/aromatic N) is 2. The molecule has 20 heavy (non-hydrogen) atoms. The van der Waals surface area contributed by atoms with E-state index in [2.05, 4.69) is 44.8 Å². The van der Waals surface area contributed by atoms with Crippen molar-refractivity contribution in [3.63, 3.8) is 0 Å². The minimum atomic E-state index is 0. The van der Waals surface area contributed by atoms with Crippen LogP contribution in [0.15, 0.2) is 10.2 Å². The summed E-state index contributed by atoms with van der Waals surface area (Å²) >= 11 is 0. The molecule has 1 heterocycles. The van der Waals surface area contributed by atoms with Crippen molar-refractivity contribution in [3.8, 4) is 0 Å². The smallest absolute Gasteiger partial charge is 0.0431 e. The van der Waals surface area contributed by atoms with E-state index in [1.54, 1.807) is 0 Å². The van der Waals surface area contributed by atoms with E-state index < -0.39 is 0 Å². The van der Waals surface area contributed by atoms with Crippen LogP contribution in [-0.4, -0.2) is 11.4 Å². The van der Waals surface area contributed by atoms with Gasteiger partial charge in [-0.3, -0.25) is 0 Å². The Labute approximate surface area is 189 Å². The van der Waals surface area contributed by atoms with Crippen LogP contribution in [0.4, 0.5) is 0 Å². The molecule has 1 rings (SSSR count). The molecule has 0 unspecified atom stereocenters. The Morgan fingerprint density at radius 3 is 1.15 bits per heavy atom. The maximum atomic E-state index is 3.82. The van der Waals surface area contributed by atoms with E-state index in [-0.39, 0.29) is 82.9 Å². The van der Waals surface area contributed by atoms with Crippen LogP contribution >= 0.6 is 0 Å². The predicted molar refractivity (Wildman–Crippen MR) is 90.0 cm³/mol. The first-order valence-corrected chi connectivity index (χ1v) is 7.04. The predicted octanol–water partition coefficient (Wildman–Crippen LogP) is 6.36. The van der Waals surface area contributed by atoms with Crippen LogP contribution in [-0.2, 0) is 0 Å². The summed E-state index contributed by atoms with van der Waals surface area (Å²) < 4.78 is 0. The summed E-state index contributed by atoms with van der Waals surface area (Å²) in [4.78, 5) is 0. The molecule has 0 aliphatic carbocycles. The molecule has 0 aromatic carbocycles. The molecule has 0 saturated heterocycles. The third-order valence-electron chi connectivity index (χ3n) is 1.72. The van der Waals surface area contributed by atoms with E-state index in [9.17, 15) is 0 Å². The molecule has 4 heteroatoms. The molecule has 0 bridgehead atoms. The molecule has 0 fully saturated rings. The van der Waals surface area contributed by atoms with Crippen LogP contribution in [0, 0.1) is 81.4 Å². The number of hydrogen-bond donors (Lipinski definition) is 0. The second kappa shape index (κ2) is 32.7. The molecule has 1 aliphatic heterocycles. The molecule has 0 N–H and O–H groups in total. The van der Waals surface area contributed by atoms with Gasteiger partial charge in [0.15, 0.2) is 0 Å². The summed E-state index contributed by atoms with van der Waals surface area (Å²) in [6.07, 6.45) is 3.53. The van der Waals surface area contributed by atoms with Crippen molar-refractivity contribution >= 4 is 11.4 Å². The maximum absolute atomic E-state index is 3.82. The Hall–Kier alpha value is 1.86. The molecule has 0 saturated carbocycles. The average Bonchev–Trinajstić information content (AvgIpc) is 2.67. The van der Waals surface area contributed by atoms with Gasteiger partial charge in [0.25, 0.3) is 0 Å². The fraction of sp³-hybridized carbons (Fsp3) is 0.875. The molecule has 0 radical (unpaired) electrons. The Kier molecular flexibility index (Phi) is 61.8. The monoisotopic (exact) mass is 338 g/mol. The third kappa shape index (κ3) is 42.7. The first-order valence-electron chi connectivity index (χ1n) is 7.04. The van der Waals surface area contributed by atoms with Gasteiger partial charge < -0.3 is 0 Å². The quantitative estimate of drug-likeness (QED) is 0.531. The SMILES string of the molecule is C.CC.CC1=NN=C(C)C1.CCC.CCC(C)C.[Ar].[Ar]. The molecule has 128 valence electrons. The van der Waals surface area contributed by atoms with Crippen molar-refractivity contribution in [2.75, 3.05) is 0 Å². The van der Waals surface area contributed by atoms with Gasteiger partial charge in [0.1, 0.15) is 0 Å². The normalized spacial score (nSPS) is 10.3. The summed E-state index contributed by atoms with van der Waals surface area (Å²) in [6.45, 7) is 18.9. The number of rotatable bonds is 1. The molecular weight excluding hydrogens is 300 g/mol. The van der Waals surface area contributed by atoms with Gasteiger partial charge in [0, 0.05) is 93.3 Å². The summed E-state index contributed by atoms with van der Waals surface area (Å²) in [6, 6.07) is 0. The van der Waals surface area contributed by atoms with E-state index in [0.29, 0.717) is 0 Å². The van der Waals surface area contributed by atoms with Crippen LogP contribution in [0.5, 0.6) is 0 Å². The largest absolute Gasteiger partial charge is 0.160 e. The Morgan fingerprint density at radius 2 is 1.10 bits per heavy atom. The fourth-order valence-electron chi connectivity index (χ4n) is 0.612. The van der Waals surface area contributed by atoms with Gasteiger partial charge in [-0.1, -0.05) is 68.7 Å². The minimum absolute atomic E-state index is 0. The standard InChI is InChI=1S/C5H8N2.C5H12.C3H8.C2H6.CH4.2Ar/c1-4-3-5(2)7-6-4;1-4-5(2)3;1-3-2;1-2;;;/h3H2,1-2H3;5H,4H2,1-3H3;3H2,1-2H3;1-2H3;1H4;;. The summed E-state index contributed by atoms with van der Waals surface area (Å²) in [7, 11) is 0. The molecule has 0 aromatic rings. The van der Waals surface area contributed by atoms with Crippen LogP contribution in [0.1, 0.15) is 89.0 Å². The van der Waals surface area contributed by atoms with Gasteiger partial charge in [0.05, 0.1) is 0 Å². The zero-order valence-electron chi connectivity index (χ0n) is 14.3. The molecule has 0 amide bonds. The number of hydrogen-bond acceptors (Lipinski definition) is 2. The van der Waals surface area contributed by atoms with Crippen molar-refractivity contribution in [3.05, 3.63) is 0 Å². The molecule has 1 aliphatic rings. The van der Waals surface area contributed by atoms with Crippen LogP contribution in [0.3, 0.4) is 0 Å². The summed E-state index contributed by atoms with van der Waals surface area (Å²) in [5, 5.41) is 7.64. The van der Waals surface area contributed by atoms with Crippen molar-refractivity contribution < 1.29 is 75.5 Å². The zero-order chi connectivity index (χ0) is 14.3. The van der Waals surface area contributed by atoms with Crippen LogP contribution < -0.4 is 0 Å². The molecule has 0 aromatic heterocycles. The van der Waals surface area contributed by atoms with Crippen LogP contribution in [0.2, 0.25) is 0 Å². The zero-order valence-corrected chi connectivity index (χ0v) is 15.7. The van der Waals surface area contributed by atoms with Gasteiger partial charge in [0.2, 0.25) is 0 Å². The topological polar surface area (TPSA) is 24.7 Å². The second-order valence-electron chi connectivity index (χ2n) is 4.36. The van der Waals surface area contributed by atoms with Crippen molar-refractivity contribution in [1.82, 2.24) is 0 Å². The van der Waals surface area contributed by atoms with Gasteiger partial charge in [-0.25, -0.2) is 0 Å². The van der Waals surface area contributed by atoms with E-state index >= 15 is 0 Å². The van der Waals surface area contributed by atoms with E-state index in [4.69, 9.17) is 0 Å². The Balaban J connectivity index is -0.0000000342. The van der Waals surface area contributed by atoms with Crippen molar-refractivity contribution in [1.29, 1.82) is 0 Å². The van der Waals surface area contributed by atoms with Crippen LogP contribution in [0.25, 0.3) is 0 Å². The van der Waals surface area contributed by atoms with Crippen molar-refractivity contribution in [2.24, 2.45) is 16.1 Å². The summed E-state index contributed by atoms with van der Waals surface area (Å²) in [5.74, 6) is 0.884. The van der Waals surface area contributed by atoms with Gasteiger partial charge >= 0.3 is 0 Å². The molecule has 0 spiro atoms. The molecular formula is C16H38Ar2N2. The van der Waals surface area contributed by atoms with Gasteiger partial charge in [-0.2, -0.15) is 10.2 Å². The van der Waals surface area contributed by atoms with Crippen molar-refractivity contribution in [2.45, 2.75) is 89.0 Å². The average molecular weight is 338 g/mol. The Morgan fingerprint density at radius 1 is 0.900 bits per heavy atom. The molecule has 2 nitrogen and oxygen atoms in total. The summed E-state index contributed by atoms with van der Waals surface area (Å²) in [5.41, 5.74) is 2.25. The van der Waals surface area contributed by atoms with E-state index in [1.165, 1.54) is 12.8 Å². The maximum Gasteiger partial charge on any atom is 0.0431 e. The van der Waals surface area contributed by atoms with Gasteiger partial charge in [-0.05, 0) is 19.8 Å². The van der Waals surface area contributed by atoms with Gasteiger partial charge in [-0.15, -0.1) is 0 Å². The van der Waals surface area contributed by atoms with E-state index in [0.717, 1.165) is 23.8 Å². The minimum Gasteiger partial charge on any atom is -0.160 e. The first-order chi connectivity index (χ1) is 7.97. The Bertz CT molecular complexity index is 185. The first kappa shape index (κ1) is 37.8. The van der Waals surface area contributed by atoms with E-state index in [1.807, 2.05) is 27.7 Å². The second-order valence-corrected chi connectivity index (χ2v) is 4.36. The fourth-order valence-corrected chi connectivity index (χ4v) is 0.612.